The first-order chi connectivity index (χ1) is 11.0. The largest absolute Gasteiger partial charge is 0.457 e. The van der Waals surface area contributed by atoms with E-state index in [-0.39, 0.29) is 6.61 Å². The molecule has 3 nitrogen and oxygen atoms in total. The number of benzene rings is 2. The summed E-state index contributed by atoms with van der Waals surface area (Å²) in [6.45, 7) is 3.85. The van der Waals surface area contributed by atoms with Gasteiger partial charge in [-0.15, -0.1) is 0 Å². The van der Waals surface area contributed by atoms with E-state index in [9.17, 15) is 9.18 Å². The Balaban J connectivity index is 1.87. The van der Waals surface area contributed by atoms with E-state index in [4.69, 9.17) is 4.74 Å². The van der Waals surface area contributed by atoms with E-state index in [1.54, 1.807) is 24.3 Å². The maximum atomic E-state index is 13.9. The highest BCUT2D eigenvalue weighted by atomic mass is 79.9. The van der Waals surface area contributed by atoms with Gasteiger partial charge in [0.2, 0.25) is 0 Å². The summed E-state index contributed by atoms with van der Waals surface area (Å²) in [6, 6.07) is 10.4. The Morgan fingerprint density at radius 3 is 2.74 bits per heavy atom. The lowest BCUT2D eigenvalue weighted by atomic mass is 10.1. The van der Waals surface area contributed by atoms with Crippen LogP contribution in [0.4, 0.5) is 4.39 Å². The topological polar surface area (TPSA) is 42.1 Å². The summed E-state index contributed by atoms with van der Waals surface area (Å²) in [5, 5.41) is 0.991. The van der Waals surface area contributed by atoms with Crippen LogP contribution in [0.15, 0.2) is 40.9 Å². The minimum absolute atomic E-state index is 0.112. The first kappa shape index (κ1) is 15.7. The molecule has 0 spiro atoms. The van der Waals surface area contributed by atoms with Crippen molar-refractivity contribution in [2.45, 2.75) is 20.5 Å². The molecule has 0 aliphatic carbocycles. The molecule has 2 aromatic carbocycles. The van der Waals surface area contributed by atoms with Gasteiger partial charge in [-0.2, -0.15) is 0 Å². The zero-order valence-corrected chi connectivity index (χ0v) is 14.3. The molecule has 0 aliphatic heterocycles. The van der Waals surface area contributed by atoms with E-state index in [0.29, 0.717) is 15.6 Å². The first-order valence-corrected chi connectivity index (χ1v) is 7.96. The lowest BCUT2D eigenvalue weighted by molar-refractivity contribution is 0.0471. The van der Waals surface area contributed by atoms with Crippen LogP contribution < -0.4 is 0 Å². The van der Waals surface area contributed by atoms with E-state index in [0.717, 1.165) is 22.2 Å². The van der Waals surface area contributed by atoms with Gasteiger partial charge < -0.3 is 9.72 Å². The third-order valence-corrected chi connectivity index (χ3v) is 4.57. The molecule has 3 rings (SSSR count). The molecule has 23 heavy (non-hydrogen) atoms. The molecule has 3 aromatic rings. The smallest absolute Gasteiger partial charge is 0.340 e. The SMILES string of the molecule is Cc1[nH]c2c(C(=O)OCc3cccc(Br)c3F)cccc2c1C. The van der Waals surface area contributed by atoms with Crippen molar-refractivity contribution in [2.24, 2.45) is 0 Å². The van der Waals surface area contributed by atoms with Gasteiger partial charge in [0.1, 0.15) is 12.4 Å². The predicted molar refractivity (Wildman–Crippen MR) is 91.0 cm³/mol. The molecule has 0 bridgehead atoms. The molecule has 1 aromatic heterocycles. The molecule has 1 heterocycles. The number of nitrogens with one attached hydrogen (secondary N) is 1. The first-order valence-electron chi connectivity index (χ1n) is 7.17. The van der Waals surface area contributed by atoms with Crippen molar-refractivity contribution < 1.29 is 13.9 Å². The van der Waals surface area contributed by atoms with Crippen LogP contribution in [-0.4, -0.2) is 11.0 Å². The second-order valence-corrected chi connectivity index (χ2v) is 6.25. The normalized spacial score (nSPS) is 11.0. The molecule has 1 N–H and O–H groups in total. The molecule has 0 saturated carbocycles. The fourth-order valence-electron chi connectivity index (χ4n) is 2.53. The Bertz CT molecular complexity index is 901. The lowest BCUT2D eigenvalue weighted by Crippen LogP contribution is -2.07. The Hall–Kier alpha value is -2.14. The molecule has 0 saturated heterocycles. The van der Waals surface area contributed by atoms with Crippen molar-refractivity contribution in [1.82, 2.24) is 4.98 Å². The number of rotatable bonds is 3. The second kappa shape index (κ2) is 6.16. The number of H-pyrrole nitrogens is 1. The molecule has 0 unspecified atom stereocenters. The molecule has 5 heteroatoms. The second-order valence-electron chi connectivity index (χ2n) is 5.39. The van der Waals surface area contributed by atoms with Gasteiger partial charge in [-0.1, -0.05) is 24.3 Å². The number of carbonyl (C=O) groups excluding carboxylic acids is 1. The number of ether oxygens (including phenoxy) is 1. The van der Waals surface area contributed by atoms with Gasteiger partial charge in [0, 0.05) is 16.6 Å². The highest BCUT2D eigenvalue weighted by Gasteiger charge is 2.16. The summed E-state index contributed by atoms with van der Waals surface area (Å²) in [6.07, 6.45) is 0. The lowest BCUT2D eigenvalue weighted by Gasteiger charge is -2.07. The van der Waals surface area contributed by atoms with E-state index < -0.39 is 11.8 Å². The molecule has 0 aliphatic rings. The maximum absolute atomic E-state index is 13.9. The van der Waals surface area contributed by atoms with Gasteiger partial charge in [-0.3, -0.25) is 0 Å². The summed E-state index contributed by atoms with van der Waals surface area (Å²) in [5.41, 5.74) is 3.65. The summed E-state index contributed by atoms with van der Waals surface area (Å²) >= 11 is 3.12. The zero-order valence-electron chi connectivity index (χ0n) is 12.7. The van der Waals surface area contributed by atoms with Gasteiger partial charge in [-0.25, -0.2) is 9.18 Å². The highest BCUT2D eigenvalue weighted by molar-refractivity contribution is 9.10. The summed E-state index contributed by atoms with van der Waals surface area (Å²) in [7, 11) is 0. The zero-order chi connectivity index (χ0) is 16.6. The fourth-order valence-corrected chi connectivity index (χ4v) is 2.94. The van der Waals surface area contributed by atoms with Gasteiger partial charge in [0.15, 0.2) is 0 Å². The Morgan fingerprint density at radius 2 is 1.96 bits per heavy atom. The quantitative estimate of drug-likeness (QED) is 0.651. The molecule has 0 atom stereocenters. The van der Waals surface area contributed by atoms with E-state index >= 15 is 0 Å². The van der Waals surface area contributed by atoms with Gasteiger partial charge in [0.25, 0.3) is 0 Å². The third-order valence-electron chi connectivity index (χ3n) is 3.95. The average molecular weight is 376 g/mol. The van der Waals surface area contributed by atoms with Crippen LogP contribution >= 0.6 is 15.9 Å². The predicted octanol–water partition coefficient (Wildman–Crippen LogP) is 5.04. The molecular weight excluding hydrogens is 361 g/mol. The van der Waals surface area contributed by atoms with Crippen LogP contribution in [0.25, 0.3) is 10.9 Å². The Morgan fingerprint density at radius 1 is 1.22 bits per heavy atom. The number of para-hydroxylation sites is 1. The minimum Gasteiger partial charge on any atom is -0.457 e. The van der Waals surface area contributed by atoms with Crippen LogP contribution in [-0.2, 0) is 11.3 Å². The minimum atomic E-state index is -0.476. The molecular formula is C18H15BrFNO2. The molecule has 0 fully saturated rings. The van der Waals surface area contributed by atoms with Crippen molar-refractivity contribution in [3.63, 3.8) is 0 Å². The number of aromatic nitrogens is 1. The van der Waals surface area contributed by atoms with Gasteiger partial charge in [-0.05, 0) is 47.5 Å². The average Bonchev–Trinajstić information content (AvgIpc) is 2.83. The van der Waals surface area contributed by atoms with Crippen LogP contribution in [0.1, 0.15) is 27.2 Å². The van der Waals surface area contributed by atoms with Crippen LogP contribution in [0, 0.1) is 19.7 Å². The monoisotopic (exact) mass is 375 g/mol. The number of fused-ring (bicyclic) bond motifs is 1. The van der Waals surface area contributed by atoms with Crippen LogP contribution in [0.5, 0.6) is 0 Å². The number of aromatic amines is 1. The van der Waals surface area contributed by atoms with Crippen LogP contribution in [0.2, 0.25) is 0 Å². The molecule has 0 radical (unpaired) electrons. The number of hydrogen-bond donors (Lipinski definition) is 1. The Kier molecular flexibility index (Phi) is 4.22. The van der Waals surface area contributed by atoms with Crippen molar-refractivity contribution >= 4 is 32.8 Å². The number of esters is 1. The fraction of sp³-hybridized carbons (Fsp3) is 0.167. The molecule has 118 valence electrons. The van der Waals surface area contributed by atoms with Crippen molar-refractivity contribution in [3.05, 3.63) is 69.1 Å². The maximum Gasteiger partial charge on any atom is 0.340 e. The van der Waals surface area contributed by atoms with Gasteiger partial charge >= 0.3 is 5.97 Å². The van der Waals surface area contributed by atoms with Crippen molar-refractivity contribution in [3.8, 4) is 0 Å². The van der Waals surface area contributed by atoms with Gasteiger partial charge in [0.05, 0.1) is 15.6 Å². The summed E-state index contributed by atoms with van der Waals surface area (Å²) < 4.78 is 19.6. The standard InChI is InChI=1S/C18H15BrFNO2/c1-10-11(2)21-17-13(10)6-4-7-14(17)18(22)23-9-12-5-3-8-15(19)16(12)20/h3-8,21H,9H2,1-2H3. The highest BCUT2D eigenvalue weighted by Crippen LogP contribution is 2.25. The number of carbonyl (C=O) groups is 1. The third kappa shape index (κ3) is 2.88. The number of halogens is 2. The number of hydrogen-bond acceptors (Lipinski definition) is 2. The summed E-state index contributed by atoms with van der Waals surface area (Å²) in [4.78, 5) is 15.6. The molecule has 0 amide bonds. The van der Waals surface area contributed by atoms with E-state index in [1.165, 1.54) is 0 Å². The van der Waals surface area contributed by atoms with E-state index in [1.807, 2.05) is 26.0 Å². The Labute approximate surface area is 141 Å². The van der Waals surface area contributed by atoms with Crippen molar-refractivity contribution in [1.29, 1.82) is 0 Å². The number of aryl methyl sites for hydroxylation is 2. The van der Waals surface area contributed by atoms with Crippen LogP contribution in [0.3, 0.4) is 0 Å². The van der Waals surface area contributed by atoms with Crippen molar-refractivity contribution in [2.75, 3.05) is 0 Å². The summed E-state index contributed by atoms with van der Waals surface area (Å²) in [5.74, 6) is -0.888. The van der Waals surface area contributed by atoms with E-state index in [2.05, 4.69) is 20.9 Å².